The fourth-order valence-corrected chi connectivity index (χ4v) is 2.43. The summed E-state index contributed by atoms with van der Waals surface area (Å²) >= 11 is 0. The van der Waals surface area contributed by atoms with Gasteiger partial charge in [-0.25, -0.2) is 4.79 Å². The normalized spacial score (nSPS) is 10.8. The second-order valence-electron chi connectivity index (χ2n) is 6.70. The summed E-state index contributed by atoms with van der Waals surface area (Å²) in [6.45, 7) is 6.52. The molecule has 2 aromatic rings. The lowest BCUT2D eigenvalue weighted by Gasteiger charge is -2.25. The van der Waals surface area contributed by atoms with Gasteiger partial charge >= 0.3 is 6.03 Å². The van der Waals surface area contributed by atoms with E-state index < -0.39 is 6.03 Å². The van der Waals surface area contributed by atoms with Gasteiger partial charge in [-0.1, -0.05) is 56.3 Å². The van der Waals surface area contributed by atoms with Gasteiger partial charge in [0.1, 0.15) is 0 Å². The number of benzene rings is 2. The van der Waals surface area contributed by atoms with Crippen molar-refractivity contribution in [3.05, 3.63) is 65.7 Å². The van der Waals surface area contributed by atoms with E-state index in [0.29, 0.717) is 12.2 Å². The van der Waals surface area contributed by atoms with Gasteiger partial charge in [-0.2, -0.15) is 0 Å². The Kier molecular flexibility index (Phi) is 6.17. The lowest BCUT2D eigenvalue weighted by Crippen LogP contribution is -2.43. The highest BCUT2D eigenvalue weighted by molar-refractivity contribution is 5.92. The Balaban J connectivity index is 1.76. The Morgan fingerprint density at radius 2 is 1.68 bits per heavy atom. The maximum absolute atomic E-state index is 12.0. The predicted octanol–water partition coefficient (Wildman–Crippen LogP) is 3.21. The summed E-state index contributed by atoms with van der Waals surface area (Å²) in [5.74, 6) is -0.219. The maximum atomic E-state index is 12.0. The fourth-order valence-electron chi connectivity index (χ4n) is 2.43. The summed E-state index contributed by atoms with van der Waals surface area (Å²) < 4.78 is 0. The summed E-state index contributed by atoms with van der Waals surface area (Å²) in [5, 5.41) is 8.14. The van der Waals surface area contributed by atoms with Gasteiger partial charge in [-0.3, -0.25) is 4.79 Å². The number of rotatable bonds is 6. The van der Waals surface area contributed by atoms with Crippen molar-refractivity contribution in [2.24, 2.45) is 0 Å². The number of carbonyl (C=O) groups excluding carboxylic acids is 2. The van der Waals surface area contributed by atoms with Gasteiger partial charge in [-0.15, -0.1) is 0 Å². The van der Waals surface area contributed by atoms with Crippen LogP contribution in [0.15, 0.2) is 54.6 Å². The molecule has 0 radical (unpaired) electrons. The summed E-state index contributed by atoms with van der Waals surface area (Å²) in [7, 11) is 0. The Morgan fingerprint density at radius 1 is 0.960 bits per heavy atom. The highest BCUT2D eigenvalue weighted by Gasteiger charge is 2.21. The van der Waals surface area contributed by atoms with Crippen molar-refractivity contribution in [2.45, 2.75) is 26.2 Å². The molecule has 3 amide bonds. The number of hydrogen-bond donors (Lipinski definition) is 3. The van der Waals surface area contributed by atoms with Crippen molar-refractivity contribution in [3.63, 3.8) is 0 Å². The van der Waals surface area contributed by atoms with Crippen molar-refractivity contribution in [2.75, 3.05) is 18.4 Å². The first-order chi connectivity index (χ1) is 11.9. The molecule has 0 aliphatic heterocycles. The third-order valence-corrected chi connectivity index (χ3v) is 3.97. The Bertz CT molecular complexity index is 727. The summed E-state index contributed by atoms with van der Waals surface area (Å²) in [6.07, 6.45) is 0. The van der Waals surface area contributed by atoms with Gasteiger partial charge in [0.15, 0.2) is 0 Å². The molecule has 0 unspecified atom stereocenters. The molecule has 0 spiro atoms. The van der Waals surface area contributed by atoms with E-state index in [2.05, 4.69) is 29.8 Å². The first-order valence-corrected chi connectivity index (χ1v) is 8.30. The van der Waals surface area contributed by atoms with E-state index >= 15 is 0 Å². The molecular formula is C20H25N3O2. The van der Waals surface area contributed by atoms with Crippen molar-refractivity contribution in [1.82, 2.24) is 10.6 Å². The molecule has 0 saturated heterocycles. The lowest BCUT2D eigenvalue weighted by molar-refractivity contribution is -0.120. The van der Waals surface area contributed by atoms with Crippen LogP contribution < -0.4 is 16.0 Å². The quantitative estimate of drug-likeness (QED) is 0.756. The van der Waals surface area contributed by atoms with E-state index in [1.54, 1.807) is 6.07 Å². The van der Waals surface area contributed by atoms with Crippen LogP contribution in [0.4, 0.5) is 10.5 Å². The number of aryl methyl sites for hydroxylation is 1. The number of anilines is 1. The third-order valence-electron chi connectivity index (χ3n) is 3.97. The molecule has 5 heteroatoms. The standard InChI is InChI=1S/C20H25N3O2/c1-15-8-7-11-17(12-15)23-19(25)21-13-18(24)22-14-20(2,3)16-9-5-4-6-10-16/h4-12H,13-14H2,1-3H3,(H,22,24)(H2,21,23,25). The van der Waals surface area contributed by atoms with E-state index in [0.717, 1.165) is 11.1 Å². The molecule has 25 heavy (non-hydrogen) atoms. The summed E-state index contributed by atoms with van der Waals surface area (Å²) in [5.41, 5.74) is 2.73. The second-order valence-corrected chi connectivity index (χ2v) is 6.70. The van der Waals surface area contributed by atoms with Crippen LogP contribution in [0.2, 0.25) is 0 Å². The average Bonchev–Trinajstić information content (AvgIpc) is 2.59. The van der Waals surface area contributed by atoms with Crippen LogP contribution in [0.1, 0.15) is 25.0 Å². The van der Waals surface area contributed by atoms with Gasteiger partial charge in [0.2, 0.25) is 5.91 Å². The number of urea groups is 1. The largest absolute Gasteiger partial charge is 0.354 e. The van der Waals surface area contributed by atoms with Crippen LogP contribution in [0.3, 0.4) is 0 Å². The second kappa shape index (κ2) is 8.33. The lowest BCUT2D eigenvalue weighted by atomic mass is 9.84. The zero-order valence-electron chi connectivity index (χ0n) is 14.9. The van der Waals surface area contributed by atoms with Gasteiger partial charge in [0, 0.05) is 17.6 Å². The summed E-state index contributed by atoms with van der Waals surface area (Å²) in [6, 6.07) is 17.1. The van der Waals surface area contributed by atoms with E-state index in [1.807, 2.05) is 55.5 Å². The van der Waals surface area contributed by atoms with Gasteiger partial charge < -0.3 is 16.0 Å². The van der Waals surface area contributed by atoms with Crippen LogP contribution in [0.25, 0.3) is 0 Å². The molecule has 0 saturated carbocycles. The molecule has 0 aliphatic rings. The molecule has 3 N–H and O–H groups in total. The van der Waals surface area contributed by atoms with Crippen molar-refractivity contribution in [3.8, 4) is 0 Å². The summed E-state index contributed by atoms with van der Waals surface area (Å²) in [4.78, 5) is 23.8. The van der Waals surface area contributed by atoms with Crippen molar-refractivity contribution < 1.29 is 9.59 Å². The van der Waals surface area contributed by atoms with E-state index in [1.165, 1.54) is 0 Å². The molecule has 5 nitrogen and oxygen atoms in total. The molecule has 0 aliphatic carbocycles. The highest BCUT2D eigenvalue weighted by atomic mass is 16.2. The zero-order valence-corrected chi connectivity index (χ0v) is 14.9. The first-order valence-electron chi connectivity index (χ1n) is 8.30. The Morgan fingerprint density at radius 3 is 2.36 bits per heavy atom. The maximum Gasteiger partial charge on any atom is 0.319 e. The van der Waals surface area contributed by atoms with Gasteiger partial charge in [-0.05, 0) is 30.2 Å². The number of nitrogens with one attached hydrogen (secondary N) is 3. The van der Waals surface area contributed by atoms with Crippen molar-refractivity contribution >= 4 is 17.6 Å². The minimum absolute atomic E-state index is 0.0669. The number of amides is 3. The molecule has 0 fully saturated rings. The van der Waals surface area contributed by atoms with Crippen LogP contribution in [0, 0.1) is 6.92 Å². The molecule has 0 heterocycles. The van der Waals surface area contributed by atoms with Crippen LogP contribution in [-0.4, -0.2) is 25.0 Å². The highest BCUT2D eigenvalue weighted by Crippen LogP contribution is 2.21. The molecular weight excluding hydrogens is 314 g/mol. The van der Waals surface area contributed by atoms with Crippen molar-refractivity contribution in [1.29, 1.82) is 0 Å². The van der Waals surface area contributed by atoms with E-state index in [9.17, 15) is 9.59 Å². The number of hydrogen-bond acceptors (Lipinski definition) is 2. The Labute approximate surface area is 148 Å². The van der Waals surface area contributed by atoms with Gasteiger partial charge in [0.05, 0.1) is 6.54 Å². The molecule has 2 rings (SSSR count). The van der Waals surface area contributed by atoms with E-state index in [4.69, 9.17) is 0 Å². The van der Waals surface area contributed by atoms with Gasteiger partial charge in [0.25, 0.3) is 0 Å². The molecule has 0 aromatic heterocycles. The van der Waals surface area contributed by atoms with E-state index in [-0.39, 0.29) is 17.9 Å². The SMILES string of the molecule is Cc1cccc(NC(=O)NCC(=O)NCC(C)(C)c2ccccc2)c1. The topological polar surface area (TPSA) is 70.2 Å². The van der Waals surface area contributed by atoms with Crippen LogP contribution >= 0.6 is 0 Å². The molecule has 0 bridgehead atoms. The zero-order chi connectivity index (χ0) is 18.3. The molecule has 132 valence electrons. The minimum atomic E-state index is -0.400. The minimum Gasteiger partial charge on any atom is -0.354 e. The predicted molar refractivity (Wildman–Crippen MR) is 101 cm³/mol. The first kappa shape index (κ1) is 18.5. The molecule has 2 aromatic carbocycles. The van der Waals surface area contributed by atoms with Crippen LogP contribution in [0.5, 0.6) is 0 Å². The molecule has 0 atom stereocenters. The third kappa shape index (κ3) is 5.95. The Hall–Kier alpha value is -2.82. The average molecular weight is 339 g/mol. The monoisotopic (exact) mass is 339 g/mol. The fraction of sp³-hybridized carbons (Fsp3) is 0.300. The smallest absolute Gasteiger partial charge is 0.319 e. The number of carbonyl (C=O) groups is 2. The van der Waals surface area contributed by atoms with Crippen LogP contribution in [-0.2, 0) is 10.2 Å².